The van der Waals surface area contributed by atoms with Crippen LogP contribution in [0.15, 0.2) is 10.6 Å². The van der Waals surface area contributed by atoms with Crippen LogP contribution >= 0.6 is 0 Å². The summed E-state index contributed by atoms with van der Waals surface area (Å²) in [6.07, 6.45) is 3.68. The second kappa shape index (κ2) is 11.1. The zero-order valence-electron chi connectivity index (χ0n) is 17.4. The zero-order valence-corrected chi connectivity index (χ0v) is 17.4. The highest BCUT2D eigenvalue weighted by Crippen LogP contribution is 2.15. The molecule has 2 N–H and O–H groups in total. The van der Waals surface area contributed by atoms with E-state index in [-0.39, 0.29) is 49.3 Å². The number of aryl methyl sites for hydroxylation is 1. The summed E-state index contributed by atoms with van der Waals surface area (Å²) in [7, 11) is 0. The molecular weight excluding hydrogens is 392 g/mol. The van der Waals surface area contributed by atoms with E-state index >= 15 is 0 Å². The predicted octanol–water partition coefficient (Wildman–Crippen LogP) is 1.00. The number of carbonyl (C=O) groups is 3. The van der Waals surface area contributed by atoms with Gasteiger partial charge in [0.05, 0.1) is 18.8 Å². The molecular formula is C20H30N4O6. The molecule has 3 rings (SSSR count). The molecule has 0 bridgehead atoms. The van der Waals surface area contributed by atoms with E-state index in [0.29, 0.717) is 31.3 Å². The van der Waals surface area contributed by atoms with Gasteiger partial charge in [0.25, 0.3) is 0 Å². The molecule has 2 saturated heterocycles. The van der Waals surface area contributed by atoms with Crippen LogP contribution in [0.1, 0.15) is 44.3 Å². The minimum Gasteiger partial charge on any atom is -0.376 e. The van der Waals surface area contributed by atoms with Gasteiger partial charge in [0.15, 0.2) is 5.82 Å². The van der Waals surface area contributed by atoms with Crippen LogP contribution in [0, 0.1) is 6.92 Å². The van der Waals surface area contributed by atoms with Crippen molar-refractivity contribution in [3.8, 4) is 0 Å². The number of anilines is 1. The summed E-state index contributed by atoms with van der Waals surface area (Å²) < 4.78 is 16.0. The molecule has 10 nitrogen and oxygen atoms in total. The first-order valence-electron chi connectivity index (χ1n) is 10.5. The maximum Gasteiger partial charge on any atom is 0.239 e. The normalized spacial score (nSPS) is 20.8. The Balaban J connectivity index is 1.47. The van der Waals surface area contributed by atoms with E-state index in [1.807, 2.05) is 0 Å². The Kier molecular flexibility index (Phi) is 8.21. The van der Waals surface area contributed by atoms with Gasteiger partial charge < -0.3 is 29.5 Å². The van der Waals surface area contributed by atoms with Gasteiger partial charge in [-0.05, 0) is 32.6 Å². The molecule has 2 aliphatic rings. The Labute approximate surface area is 175 Å². The van der Waals surface area contributed by atoms with E-state index < -0.39 is 0 Å². The lowest BCUT2D eigenvalue weighted by Crippen LogP contribution is -2.45. The average Bonchev–Trinajstić information content (AvgIpc) is 3.48. The van der Waals surface area contributed by atoms with E-state index in [4.69, 9.17) is 14.0 Å². The molecule has 0 radical (unpaired) electrons. The smallest absolute Gasteiger partial charge is 0.239 e. The third-order valence-electron chi connectivity index (χ3n) is 5.15. The maximum atomic E-state index is 12.7. The first-order chi connectivity index (χ1) is 14.5. The molecule has 2 fully saturated rings. The minimum atomic E-state index is -0.337. The van der Waals surface area contributed by atoms with Crippen LogP contribution in [0.25, 0.3) is 0 Å². The van der Waals surface area contributed by atoms with Crippen molar-refractivity contribution in [1.29, 1.82) is 0 Å². The van der Waals surface area contributed by atoms with E-state index in [1.54, 1.807) is 13.0 Å². The van der Waals surface area contributed by atoms with Gasteiger partial charge in [0.2, 0.25) is 17.7 Å². The number of ether oxygens (including phenoxy) is 2. The molecule has 30 heavy (non-hydrogen) atoms. The van der Waals surface area contributed by atoms with Gasteiger partial charge in [0, 0.05) is 45.2 Å². The lowest BCUT2D eigenvalue weighted by molar-refractivity contribution is -0.138. The van der Waals surface area contributed by atoms with Gasteiger partial charge in [-0.3, -0.25) is 14.4 Å². The summed E-state index contributed by atoms with van der Waals surface area (Å²) >= 11 is 0. The van der Waals surface area contributed by atoms with E-state index in [1.165, 1.54) is 4.90 Å². The Morgan fingerprint density at radius 2 is 1.83 bits per heavy atom. The van der Waals surface area contributed by atoms with Crippen LogP contribution < -0.4 is 10.6 Å². The first-order valence-corrected chi connectivity index (χ1v) is 10.5. The second-order valence-electron chi connectivity index (χ2n) is 7.72. The van der Waals surface area contributed by atoms with Crippen LogP contribution in [0.5, 0.6) is 0 Å². The number of aromatic nitrogens is 1. The number of nitrogens with zero attached hydrogens (tertiary/aromatic N) is 2. The predicted molar refractivity (Wildman–Crippen MR) is 107 cm³/mol. The topological polar surface area (TPSA) is 123 Å². The van der Waals surface area contributed by atoms with E-state index in [2.05, 4.69) is 15.8 Å². The summed E-state index contributed by atoms with van der Waals surface area (Å²) in [5.74, 6) is 0.0629. The minimum absolute atomic E-state index is 0.00555. The number of rotatable bonds is 10. The highest BCUT2D eigenvalue weighted by Gasteiger charge is 2.25. The number of nitrogens with one attached hydrogen (secondary N) is 2. The molecule has 2 atom stereocenters. The maximum absolute atomic E-state index is 12.7. The van der Waals surface area contributed by atoms with Crippen molar-refractivity contribution in [2.75, 3.05) is 38.2 Å². The summed E-state index contributed by atoms with van der Waals surface area (Å²) in [5.41, 5.74) is 0. The fraction of sp³-hybridized carbons (Fsp3) is 0.700. The van der Waals surface area contributed by atoms with Crippen LogP contribution in [-0.2, 0) is 23.9 Å². The molecule has 1 aromatic heterocycles. The summed E-state index contributed by atoms with van der Waals surface area (Å²) in [6, 6.07) is 1.60. The van der Waals surface area contributed by atoms with Crippen molar-refractivity contribution in [3.05, 3.63) is 11.8 Å². The summed E-state index contributed by atoms with van der Waals surface area (Å²) in [4.78, 5) is 38.7. The Hall–Kier alpha value is -2.46. The lowest BCUT2D eigenvalue weighted by Gasteiger charge is -2.25. The lowest BCUT2D eigenvalue weighted by atomic mass is 10.2. The number of carbonyl (C=O) groups excluding carboxylic acids is 3. The molecule has 1 aromatic rings. The average molecular weight is 422 g/mol. The van der Waals surface area contributed by atoms with Crippen molar-refractivity contribution < 1.29 is 28.4 Å². The van der Waals surface area contributed by atoms with Gasteiger partial charge in [-0.1, -0.05) is 5.16 Å². The molecule has 166 valence electrons. The van der Waals surface area contributed by atoms with Crippen molar-refractivity contribution in [2.24, 2.45) is 0 Å². The molecule has 0 aliphatic carbocycles. The Morgan fingerprint density at radius 3 is 2.47 bits per heavy atom. The highest BCUT2D eigenvalue weighted by atomic mass is 16.5. The van der Waals surface area contributed by atoms with Gasteiger partial charge in [0.1, 0.15) is 5.76 Å². The van der Waals surface area contributed by atoms with Crippen LogP contribution in [-0.4, -0.2) is 72.8 Å². The molecule has 3 heterocycles. The van der Waals surface area contributed by atoms with Crippen molar-refractivity contribution in [3.63, 3.8) is 0 Å². The number of amides is 3. The van der Waals surface area contributed by atoms with Gasteiger partial charge in [-0.25, -0.2) is 0 Å². The van der Waals surface area contributed by atoms with Crippen LogP contribution in [0.2, 0.25) is 0 Å². The fourth-order valence-corrected chi connectivity index (χ4v) is 3.56. The van der Waals surface area contributed by atoms with Gasteiger partial charge in [-0.15, -0.1) is 0 Å². The molecule has 0 spiro atoms. The standard InChI is InChI=1S/C20H30N4O6/c1-14-10-17(23-30-14)22-18(25)6-7-20(27)24(12-16-5-3-9-29-16)13-19(26)21-11-15-4-2-8-28-15/h10,15-16H,2-9,11-13H2,1H3,(H,21,26)(H,22,23,25)/t15-,16+/m0/s1. The zero-order chi connectivity index (χ0) is 21.3. The van der Waals surface area contributed by atoms with Gasteiger partial charge >= 0.3 is 0 Å². The van der Waals surface area contributed by atoms with Crippen molar-refractivity contribution in [1.82, 2.24) is 15.4 Å². The highest BCUT2D eigenvalue weighted by molar-refractivity contribution is 5.93. The molecule has 10 heteroatoms. The monoisotopic (exact) mass is 422 g/mol. The van der Waals surface area contributed by atoms with E-state index in [0.717, 1.165) is 32.3 Å². The summed E-state index contributed by atoms with van der Waals surface area (Å²) in [5, 5.41) is 9.13. The van der Waals surface area contributed by atoms with Gasteiger partial charge in [-0.2, -0.15) is 0 Å². The van der Waals surface area contributed by atoms with Crippen molar-refractivity contribution >= 4 is 23.5 Å². The fourth-order valence-electron chi connectivity index (χ4n) is 3.56. The Morgan fingerprint density at radius 1 is 1.10 bits per heavy atom. The quantitative estimate of drug-likeness (QED) is 0.577. The summed E-state index contributed by atoms with van der Waals surface area (Å²) in [6.45, 7) is 3.84. The van der Waals surface area contributed by atoms with E-state index in [9.17, 15) is 14.4 Å². The molecule has 0 saturated carbocycles. The molecule has 3 amide bonds. The van der Waals surface area contributed by atoms with Crippen LogP contribution in [0.4, 0.5) is 5.82 Å². The second-order valence-corrected chi connectivity index (χ2v) is 7.72. The first kappa shape index (κ1) is 22.2. The molecule has 2 aliphatic heterocycles. The SMILES string of the molecule is Cc1cc(NC(=O)CCC(=O)N(CC(=O)NC[C@@H]2CCCO2)C[C@H]2CCCO2)no1. The molecule has 0 aromatic carbocycles. The van der Waals surface area contributed by atoms with Crippen LogP contribution in [0.3, 0.4) is 0 Å². The number of hydrogen-bond acceptors (Lipinski definition) is 7. The number of hydrogen-bond donors (Lipinski definition) is 2. The van der Waals surface area contributed by atoms with Crippen molar-refractivity contribution in [2.45, 2.75) is 57.7 Å². The third kappa shape index (κ3) is 7.10. The molecule has 0 unspecified atom stereocenters. The Bertz CT molecular complexity index is 725. The third-order valence-corrected chi connectivity index (χ3v) is 5.15. The largest absolute Gasteiger partial charge is 0.376 e.